The van der Waals surface area contributed by atoms with Crippen molar-refractivity contribution in [1.82, 2.24) is 4.90 Å². The zero-order valence-electron chi connectivity index (χ0n) is 12.5. The van der Waals surface area contributed by atoms with Gasteiger partial charge in [-0.3, -0.25) is 4.79 Å². The van der Waals surface area contributed by atoms with E-state index in [0.29, 0.717) is 12.4 Å². The summed E-state index contributed by atoms with van der Waals surface area (Å²) in [5.74, 6) is 0.819. The number of rotatable bonds is 4. The van der Waals surface area contributed by atoms with Gasteiger partial charge in [-0.15, -0.1) is 0 Å². The minimum Gasteiger partial charge on any atom is -0.350 e. The van der Waals surface area contributed by atoms with Crippen LogP contribution in [-0.4, -0.2) is 23.7 Å². The van der Waals surface area contributed by atoms with E-state index in [-0.39, 0.29) is 5.91 Å². The van der Waals surface area contributed by atoms with E-state index in [2.05, 4.69) is 12.1 Å². The molecule has 3 rings (SSSR count). The first kappa shape index (κ1) is 14.7. The minimum atomic E-state index is 0.108. The van der Waals surface area contributed by atoms with Gasteiger partial charge in [0, 0.05) is 25.5 Å². The fourth-order valence-electron chi connectivity index (χ4n) is 2.35. The molecule has 4 heteroatoms. The maximum absolute atomic E-state index is 12.5. The van der Waals surface area contributed by atoms with Gasteiger partial charge in [0.15, 0.2) is 0 Å². The van der Waals surface area contributed by atoms with Gasteiger partial charge in [-0.05, 0) is 17.7 Å². The van der Waals surface area contributed by atoms with E-state index in [4.69, 9.17) is 0 Å². The summed E-state index contributed by atoms with van der Waals surface area (Å²) < 4.78 is 0. The number of hydrogen-bond acceptors (Lipinski definition) is 3. The van der Waals surface area contributed by atoms with E-state index in [1.165, 1.54) is 0 Å². The highest BCUT2D eigenvalue weighted by atomic mass is 32.2. The number of benzene rings is 2. The van der Waals surface area contributed by atoms with Gasteiger partial charge >= 0.3 is 0 Å². The third-order valence-corrected chi connectivity index (χ3v) is 4.60. The number of thioether (sulfide) groups is 1. The molecule has 0 atom stereocenters. The Balaban J connectivity index is 1.69. The van der Waals surface area contributed by atoms with Gasteiger partial charge in [0.25, 0.3) is 5.91 Å². The largest absolute Gasteiger partial charge is 0.350 e. The third kappa shape index (κ3) is 3.34. The van der Waals surface area contributed by atoms with E-state index in [1.807, 2.05) is 71.6 Å². The van der Waals surface area contributed by atoms with Crippen LogP contribution in [0.15, 0.2) is 71.8 Å². The van der Waals surface area contributed by atoms with E-state index in [1.54, 1.807) is 11.8 Å². The van der Waals surface area contributed by atoms with Gasteiger partial charge in [0.1, 0.15) is 0 Å². The lowest BCUT2D eigenvalue weighted by molar-refractivity contribution is -0.125. The van der Waals surface area contributed by atoms with Crippen molar-refractivity contribution in [3.05, 3.63) is 77.3 Å². The molecule has 3 nitrogen and oxygen atoms in total. The van der Waals surface area contributed by atoms with Crippen LogP contribution in [0.3, 0.4) is 0 Å². The van der Waals surface area contributed by atoms with Crippen LogP contribution in [0.5, 0.6) is 0 Å². The number of para-hydroxylation sites is 1. The lowest BCUT2D eigenvalue weighted by Crippen LogP contribution is -2.25. The number of carbonyl (C=O) groups excluding carboxylic acids is 1. The molecule has 1 saturated heterocycles. The number of anilines is 1. The second-order valence-electron chi connectivity index (χ2n) is 5.20. The lowest BCUT2D eigenvalue weighted by Gasteiger charge is -2.16. The summed E-state index contributed by atoms with van der Waals surface area (Å²) in [4.78, 5) is 17.2. The van der Waals surface area contributed by atoms with Crippen molar-refractivity contribution in [3.8, 4) is 0 Å². The molecule has 0 aliphatic carbocycles. The molecule has 0 aromatic heterocycles. The first-order chi connectivity index (χ1) is 10.7. The molecule has 1 amide bonds. The highest BCUT2D eigenvalue weighted by Crippen LogP contribution is 2.30. The molecular formula is C18H18N2OS. The predicted molar refractivity (Wildman–Crippen MR) is 92.4 cm³/mol. The molecule has 0 bridgehead atoms. The second-order valence-corrected chi connectivity index (χ2v) is 6.19. The summed E-state index contributed by atoms with van der Waals surface area (Å²) in [5, 5.41) is 0. The topological polar surface area (TPSA) is 23.6 Å². The zero-order valence-corrected chi connectivity index (χ0v) is 13.3. The fraction of sp³-hybridized carbons (Fsp3) is 0.167. The highest BCUT2D eigenvalue weighted by molar-refractivity contribution is 8.04. The summed E-state index contributed by atoms with van der Waals surface area (Å²) >= 11 is 1.60. The van der Waals surface area contributed by atoms with Crippen LogP contribution in [0.2, 0.25) is 0 Å². The summed E-state index contributed by atoms with van der Waals surface area (Å²) in [6, 6.07) is 20.1. The Labute approximate surface area is 135 Å². The molecule has 1 aliphatic rings. The average Bonchev–Trinajstić information content (AvgIpc) is 2.90. The normalized spacial score (nSPS) is 16.3. The molecule has 0 spiro atoms. The Hall–Kier alpha value is -2.20. The van der Waals surface area contributed by atoms with E-state index < -0.39 is 0 Å². The molecule has 0 N–H and O–H groups in total. The van der Waals surface area contributed by atoms with Crippen molar-refractivity contribution in [1.29, 1.82) is 0 Å². The number of amides is 1. The van der Waals surface area contributed by atoms with Crippen molar-refractivity contribution in [2.45, 2.75) is 6.54 Å². The molecule has 2 aromatic carbocycles. The smallest absolute Gasteiger partial charge is 0.262 e. The van der Waals surface area contributed by atoms with Crippen molar-refractivity contribution >= 4 is 23.4 Å². The summed E-state index contributed by atoms with van der Waals surface area (Å²) in [6.45, 7) is 0.666. The third-order valence-electron chi connectivity index (χ3n) is 3.56. The Morgan fingerprint density at radius 3 is 2.41 bits per heavy atom. The summed E-state index contributed by atoms with van der Waals surface area (Å²) in [6.07, 6.45) is 1.92. The van der Waals surface area contributed by atoms with Crippen LogP contribution >= 0.6 is 11.8 Å². The Morgan fingerprint density at radius 2 is 1.73 bits per heavy atom. The van der Waals surface area contributed by atoms with Crippen LogP contribution in [0, 0.1) is 0 Å². The van der Waals surface area contributed by atoms with Crippen LogP contribution in [0.25, 0.3) is 0 Å². The van der Waals surface area contributed by atoms with Crippen molar-refractivity contribution < 1.29 is 4.79 Å². The second kappa shape index (κ2) is 6.71. The Bertz CT molecular complexity index is 670. The zero-order chi connectivity index (χ0) is 15.4. The maximum atomic E-state index is 12.5. The quantitative estimate of drug-likeness (QED) is 0.805. The monoisotopic (exact) mass is 310 g/mol. The number of hydrogen-bond donors (Lipinski definition) is 0. The SMILES string of the molecule is CN(C=C1SCN(Cc2ccccc2)C1=O)c1ccccc1. The van der Waals surface area contributed by atoms with Gasteiger partial charge < -0.3 is 9.80 Å². The number of nitrogens with zero attached hydrogens (tertiary/aromatic N) is 2. The molecule has 22 heavy (non-hydrogen) atoms. The van der Waals surface area contributed by atoms with Gasteiger partial charge in [0.05, 0.1) is 10.8 Å². The van der Waals surface area contributed by atoms with Crippen LogP contribution in [0.1, 0.15) is 5.56 Å². The van der Waals surface area contributed by atoms with Crippen LogP contribution < -0.4 is 4.90 Å². The summed E-state index contributed by atoms with van der Waals surface area (Å²) in [7, 11) is 1.97. The minimum absolute atomic E-state index is 0.108. The van der Waals surface area contributed by atoms with Crippen molar-refractivity contribution in [3.63, 3.8) is 0 Å². The molecule has 1 fully saturated rings. The lowest BCUT2D eigenvalue weighted by atomic mass is 10.2. The van der Waals surface area contributed by atoms with Crippen molar-refractivity contribution in [2.24, 2.45) is 0 Å². The highest BCUT2D eigenvalue weighted by Gasteiger charge is 2.27. The van der Waals surface area contributed by atoms with Gasteiger partial charge in [-0.1, -0.05) is 60.3 Å². The Kier molecular flexibility index (Phi) is 4.49. The van der Waals surface area contributed by atoms with E-state index >= 15 is 0 Å². The molecular weight excluding hydrogens is 292 g/mol. The molecule has 1 heterocycles. The first-order valence-corrected chi connectivity index (χ1v) is 8.18. The molecule has 112 valence electrons. The fourth-order valence-corrected chi connectivity index (χ4v) is 3.34. The average molecular weight is 310 g/mol. The van der Waals surface area contributed by atoms with Gasteiger partial charge in [0.2, 0.25) is 0 Å². The first-order valence-electron chi connectivity index (χ1n) is 7.20. The van der Waals surface area contributed by atoms with Crippen LogP contribution in [-0.2, 0) is 11.3 Å². The molecule has 0 radical (unpaired) electrons. The number of carbonyl (C=O) groups is 1. The van der Waals surface area contributed by atoms with Crippen LogP contribution in [0.4, 0.5) is 5.69 Å². The van der Waals surface area contributed by atoms with E-state index in [0.717, 1.165) is 16.2 Å². The summed E-state index contributed by atoms with van der Waals surface area (Å²) in [5.41, 5.74) is 2.24. The predicted octanol–water partition coefficient (Wildman–Crippen LogP) is 3.70. The molecule has 0 unspecified atom stereocenters. The van der Waals surface area contributed by atoms with Gasteiger partial charge in [-0.25, -0.2) is 0 Å². The Morgan fingerprint density at radius 1 is 1.09 bits per heavy atom. The molecule has 2 aromatic rings. The standard InChI is InChI=1S/C18H18N2OS/c1-19(16-10-6-3-7-11-16)13-17-18(21)20(14-22-17)12-15-8-4-2-5-9-15/h2-11,13H,12,14H2,1H3. The molecule has 1 aliphatic heterocycles. The van der Waals surface area contributed by atoms with Gasteiger partial charge in [-0.2, -0.15) is 0 Å². The maximum Gasteiger partial charge on any atom is 0.262 e. The van der Waals surface area contributed by atoms with E-state index in [9.17, 15) is 4.79 Å². The van der Waals surface area contributed by atoms with Crippen molar-refractivity contribution in [2.75, 3.05) is 17.8 Å². The molecule has 0 saturated carbocycles.